The molecule has 1 aromatic heterocycles. The zero-order valence-electron chi connectivity index (χ0n) is 12.9. The van der Waals surface area contributed by atoms with Crippen molar-refractivity contribution in [2.24, 2.45) is 0 Å². The third-order valence-electron chi connectivity index (χ3n) is 3.49. The number of esters is 1. The molecule has 1 heterocycles. The van der Waals surface area contributed by atoms with Gasteiger partial charge in [0, 0.05) is 17.0 Å². The molecule has 0 radical (unpaired) electrons. The van der Waals surface area contributed by atoms with Crippen LogP contribution in [0.4, 0.5) is 0 Å². The first-order valence-corrected chi connectivity index (χ1v) is 7.47. The molecule has 0 unspecified atom stereocenters. The van der Waals surface area contributed by atoms with Crippen LogP contribution in [0.2, 0.25) is 0 Å². The van der Waals surface area contributed by atoms with Gasteiger partial charge in [-0.2, -0.15) is 0 Å². The minimum atomic E-state index is -0.390. The third kappa shape index (κ3) is 3.38. The Morgan fingerprint density at radius 2 is 2.05 bits per heavy atom. The number of furan rings is 1. The number of hydrogen-bond acceptors (Lipinski definition) is 4. The summed E-state index contributed by atoms with van der Waals surface area (Å²) in [4.78, 5) is 12.1. The Morgan fingerprint density at radius 1 is 1.24 bits per heavy atom. The minimum Gasteiger partial charge on any atom is -0.497 e. The number of ether oxygens (including phenoxy) is 2. The Hall–Kier alpha value is -1.97. The van der Waals surface area contributed by atoms with Crippen LogP contribution in [0, 0.1) is 0 Å². The van der Waals surface area contributed by atoms with Gasteiger partial charge in [-0.15, -0.1) is 0 Å². The van der Waals surface area contributed by atoms with Gasteiger partial charge < -0.3 is 13.9 Å². The zero-order chi connectivity index (χ0) is 15.2. The molecule has 0 aliphatic rings. The maximum Gasteiger partial charge on any atom is 0.374 e. The maximum atomic E-state index is 12.1. The van der Waals surface area contributed by atoms with Crippen LogP contribution in [0.3, 0.4) is 0 Å². The highest BCUT2D eigenvalue weighted by Gasteiger charge is 2.21. The van der Waals surface area contributed by atoms with Gasteiger partial charge >= 0.3 is 5.97 Å². The first-order chi connectivity index (χ1) is 10.2. The third-order valence-corrected chi connectivity index (χ3v) is 3.49. The Balaban J connectivity index is 2.42. The van der Waals surface area contributed by atoms with Gasteiger partial charge in [0.25, 0.3) is 0 Å². The smallest absolute Gasteiger partial charge is 0.374 e. The quantitative estimate of drug-likeness (QED) is 0.562. The van der Waals surface area contributed by atoms with Crippen LogP contribution in [0.15, 0.2) is 22.6 Å². The van der Waals surface area contributed by atoms with Crippen molar-refractivity contribution in [2.75, 3.05) is 13.7 Å². The highest BCUT2D eigenvalue weighted by molar-refractivity contribution is 5.96. The summed E-state index contributed by atoms with van der Waals surface area (Å²) < 4.78 is 16.0. The lowest BCUT2D eigenvalue weighted by atomic mass is 10.0. The van der Waals surface area contributed by atoms with E-state index in [1.54, 1.807) is 20.1 Å². The van der Waals surface area contributed by atoms with E-state index in [0.29, 0.717) is 23.7 Å². The zero-order valence-corrected chi connectivity index (χ0v) is 12.9. The lowest BCUT2D eigenvalue weighted by Crippen LogP contribution is -2.06. The summed E-state index contributed by atoms with van der Waals surface area (Å²) >= 11 is 0. The summed E-state index contributed by atoms with van der Waals surface area (Å²) in [5, 5.41) is 0.968. The van der Waals surface area contributed by atoms with Crippen LogP contribution in [0.25, 0.3) is 11.0 Å². The molecule has 0 aliphatic carbocycles. The molecular formula is C17H22O4. The molecule has 2 rings (SSSR count). The second-order valence-electron chi connectivity index (χ2n) is 4.95. The number of unbranched alkanes of at least 4 members (excludes halogenated alkanes) is 2. The van der Waals surface area contributed by atoms with Crippen LogP contribution in [0.5, 0.6) is 5.75 Å². The second kappa shape index (κ2) is 7.16. The second-order valence-corrected chi connectivity index (χ2v) is 4.95. The molecule has 21 heavy (non-hydrogen) atoms. The van der Waals surface area contributed by atoms with Crippen LogP contribution >= 0.6 is 0 Å². The van der Waals surface area contributed by atoms with Gasteiger partial charge in [-0.05, 0) is 31.9 Å². The maximum absolute atomic E-state index is 12.1. The van der Waals surface area contributed by atoms with Gasteiger partial charge in [-0.25, -0.2) is 4.79 Å². The van der Waals surface area contributed by atoms with E-state index in [9.17, 15) is 4.79 Å². The number of methoxy groups -OCH3 is 1. The van der Waals surface area contributed by atoms with E-state index in [2.05, 4.69) is 6.92 Å². The fourth-order valence-corrected chi connectivity index (χ4v) is 2.42. The molecule has 4 heteroatoms. The summed E-state index contributed by atoms with van der Waals surface area (Å²) in [6.45, 7) is 4.29. The largest absolute Gasteiger partial charge is 0.497 e. The van der Waals surface area contributed by atoms with Crippen molar-refractivity contribution in [3.8, 4) is 5.75 Å². The Kier molecular flexibility index (Phi) is 5.26. The molecule has 0 saturated carbocycles. The lowest BCUT2D eigenvalue weighted by Gasteiger charge is -2.03. The van der Waals surface area contributed by atoms with Gasteiger partial charge in [0.15, 0.2) is 0 Å². The summed E-state index contributed by atoms with van der Waals surface area (Å²) in [7, 11) is 1.61. The van der Waals surface area contributed by atoms with Crippen molar-refractivity contribution in [1.29, 1.82) is 0 Å². The van der Waals surface area contributed by atoms with E-state index in [1.165, 1.54) is 0 Å². The monoisotopic (exact) mass is 290 g/mol. The van der Waals surface area contributed by atoms with E-state index in [-0.39, 0.29) is 5.97 Å². The fraction of sp³-hybridized carbons (Fsp3) is 0.471. The number of hydrogen-bond donors (Lipinski definition) is 0. The van der Waals surface area contributed by atoms with Gasteiger partial charge in [0.2, 0.25) is 5.76 Å². The minimum absolute atomic E-state index is 0.330. The molecular weight excluding hydrogens is 268 g/mol. The van der Waals surface area contributed by atoms with Crippen LogP contribution in [0.1, 0.15) is 49.2 Å². The van der Waals surface area contributed by atoms with Crippen LogP contribution < -0.4 is 4.74 Å². The molecule has 0 bridgehead atoms. The molecule has 0 atom stereocenters. The van der Waals surface area contributed by atoms with Gasteiger partial charge in [-0.3, -0.25) is 0 Å². The fourth-order valence-electron chi connectivity index (χ4n) is 2.42. The first-order valence-electron chi connectivity index (χ1n) is 7.47. The van der Waals surface area contributed by atoms with E-state index in [4.69, 9.17) is 13.9 Å². The van der Waals surface area contributed by atoms with Crippen LogP contribution in [-0.4, -0.2) is 19.7 Å². The standard InChI is InChI=1S/C17H22O4/c1-4-6-7-8-14-13-10-9-12(19-3)11-15(13)21-16(14)17(18)20-5-2/h9-11H,4-8H2,1-3H3. The number of fused-ring (bicyclic) bond motifs is 1. The van der Waals surface area contributed by atoms with Crippen molar-refractivity contribution in [3.63, 3.8) is 0 Å². The van der Waals surface area contributed by atoms with E-state index < -0.39 is 0 Å². The average molecular weight is 290 g/mol. The summed E-state index contributed by atoms with van der Waals surface area (Å²) in [6, 6.07) is 5.64. The molecule has 0 spiro atoms. The number of rotatable bonds is 7. The summed E-state index contributed by atoms with van der Waals surface area (Å²) in [5.74, 6) is 0.655. The number of aryl methyl sites for hydroxylation is 1. The molecule has 0 amide bonds. The molecule has 0 saturated heterocycles. The highest BCUT2D eigenvalue weighted by Crippen LogP contribution is 2.31. The van der Waals surface area contributed by atoms with Crippen molar-refractivity contribution >= 4 is 16.9 Å². The van der Waals surface area contributed by atoms with Crippen molar-refractivity contribution in [1.82, 2.24) is 0 Å². The topological polar surface area (TPSA) is 48.7 Å². The Bertz CT molecular complexity index is 613. The predicted molar refractivity (Wildman–Crippen MR) is 82.0 cm³/mol. The Morgan fingerprint density at radius 3 is 2.71 bits per heavy atom. The van der Waals surface area contributed by atoms with Crippen LogP contribution in [-0.2, 0) is 11.2 Å². The van der Waals surface area contributed by atoms with Crippen molar-refractivity contribution in [2.45, 2.75) is 39.5 Å². The molecule has 2 aromatic rings. The van der Waals surface area contributed by atoms with Gasteiger partial charge in [0.1, 0.15) is 11.3 Å². The molecule has 0 N–H and O–H groups in total. The number of carbonyl (C=O) groups excluding carboxylic acids is 1. The van der Waals surface area contributed by atoms with Gasteiger partial charge in [0.05, 0.1) is 13.7 Å². The molecule has 0 aliphatic heterocycles. The predicted octanol–water partition coefficient (Wildman–Crippen LogP) is 4.35. The lowest BCUT2D eigenvalue weighted by molar-refractivity contribution is 0.0491. The summed E-state index contributed by atoms with van der Waals surface area (Å²) in [5.41, 5.74) is 1.61. The highest BCUT2D eigenvalue weighted by atomic mass is 16.5. The Labute approximate surface area is 125 Å². The van der Waals surface area contributed by atoms with Crippen molar-refractivity contribution < 1.29 is 18.7 Å². The van der Waals surface area contributed by atoms with Gasteiger partial charge in [-0.1, -0.05) is 19.8 Å². The normalized spacial score (nSPS) is 10.8. The summed E-state index contributed by atoms with van der Waals surface area (Å²) in [6.07, 6.45) is 4.12. The molecule has 0 fully saturated rings. The van der Waals surface area contributed by atoms with E-state index in [0.717, 1.165) is 36.6 Å². The first kappa shape index (κ1) is 15.4. The molecule has 114 valence electrons. The SMILES string of the molecule is CCCCCc1c(C(=O)OCC)oc2cc(OC)ccc12. The van der Waals surface area contributed by atoms with Crippen molar-refractivity contribution in [3.05, 3.63) is 29.5 Å². The number of carbonyl (C=O) groups is 1. The molecule has 4 nitrogen and oxygen atoms in total. The van der Waals surface area contributed by atoms with E-state index >= 15 is 0 Å². The average Bonchev–Trinajstić information content (AvgIpc) is 2.86. The molecule has 1 aromatic carbocycles. The number of benzene rings is 1. The van der Waals surface area contributed by atoms with E-state index in [1.807, 2.05) is 12.1 Å².